The number of fused-ring (bicyclic) bond motifs is 1. The Balaban J connectivity index is 1.32. The van der Waals surface area contributed by atoms with Crippen LogP contribution in [-0.2, 0) is 16.0 Å². The molecule has 0 spiro atoms. The van der Waals surface area contributed by atoms with Crippen LogP contribution in [0.4, 0.5) is 10.2 Å². The Morgan fingerprint density at radius 2 is 1.97 bits per heavy atom. The molecule has 4 rings (SSSR count). The molecule has 5 N–H and O–H groups in total. The van der Waals surface area contributed by atoms with Crippen molar-refractivity contribution in [3.05, 3.63) is 59.0 Å². The topological polar surface area (TPSA) is 109 Å². The fourth-order valence-corrected chi connectivity index (χ4v) is 4.46. The van der Waals surface area contributed by atoms with E-state index in [-0.39, 0.29) is 29.6 Å². The Morgan fingerprint density at radius 3 is 2.74 bits per heavy atom. The first-order chi connectivity index (χ1) is 14.9. The number of piperidine rings is 1. The van der Waals surface area contributed by atoms with Gasteiger partial charge in [0.25, 0.3) is 0 Å². The van der Waals surface area contributed by atoms with Gasteiger partial charge in [0, 0.05) is 5.69 Å². The van der Waals surface area contributed by atoms with Gasteiger partial charge in [0.15, 0.2) is 0 Å². The number of carbonyl (C=O) groups excluding carboxylic acids is 2. The number of nitrogens with two attached hydrogens (primary N) is 1. The Hall–Kier alpha value is -3.00. The van der Waals surface area contributed by atoms with E-state index >= 15 is 0 Å². The number of carbonyl (C=O) groups is 2. The van der Waals surface area contributed by atoms with E-state index in [1.807, 2.05) is 6.07 Å². The predicted molar refractivity (Wildman–Crippen MR) is 116 cm³/mol. The molecular weight excluding hydrogens is 397 g/mol. The van der Waals surface area contributed by atoms with Crippen molar-refractivity contribution in [2.75, 3.05) is 12.3 Å². The lowest BCUT2D eigenvalue weighted by Gasteiger charge is -2.30. The van der Waals surface area contributed by atoms with Crippen molar-refractivity contribution in [1.29, 1.82) is 0 Å². The maximum absolute atomic E-state index is 13.2. The van der Waals surface area contributed by atoms with Gasteiger partial charge in [-0.2, -0.15) is 0 Å². The molecule has 1 fully saturated rings. The van der Waals surface area contributed by atoms with E-state index in [0.29, 0.717) is 18.8 Å². The Morgan fingerprint density at radius 1 is 1.19 bits per heavy atom. The summed E-state index contributed by atoms with van der Waals surface area (Å²) in [4.78, 5) is 29.8. The average molecular weight is 426 g/mol. The van der Waals surface area contributed by atoms with Gasteiger partial charge in [0.1, 0.15) is 17.7 Å². The molecule has 2 amide bonds. The third kappa shape index (κ3) is 4.85. The zero-order valence-electron chi connectivity index (χ0n) is 17.5. The van der Waals surface area contributed by atoms with Crippen LogP contribution in [0.5, 0.6) is 0 Å². The number of halogens is 1. The average Bonchev–Trinajstić information content (AvgIpc) is 3.15. The lowest BCUT2D eigenvalue weighted by Crippen LogP contribution is -2.53. The molecule has 8 heteroatoms. The summed E-state index contributed by atoms with van der Waals surface area (Å²) in [5, 5.41) is 9.07. The van der Waals surface area contributed by atoms with Gasteiger partial charge in [-0.3, -0.25) is 9.59 Å². The largest absolute Gasteiger partial charge is 0.384 e. The lowest BCUT2D eigenvalue weighted by atomic mass is 9.86. The molecule has 0 radical (unpaired) electrons. The highest BCUT2D eigenvalue weighted by Gasteiger charge is 2.31. The lowest BCUT2D eigenvalue weighted by molar-refractivity contribution is -0.130. The van der Waals surface area contributed by atoms with Gasteiger partial charge in [-0.05, 0) is 74.4 Å². The number of rotatable bonds is 5. The molecular formula is C23H28FN5O2. The monoisotopic (exact) mass is 425 g/mol. The second kappa shape index (κ2) is 9.01. The van der Waals surface area contributed by atoms with Crippen LogP contribution in [0.15, 0.2) is 36.4 Å². The maximum Gasteiger partial charge on any atom is 0.242 e. The summed E-state index contributed by atoms with van der Waals surface area (Å²) in [5.41, 5.74) is 8.67. The molecule has 1 aromatic heterocycles. The van der Waals surface area contributed by atoms with E-state index < -0.39 is 12.1 Å². The number of anilines is 1. The first-order valence-corrected chi connectivity index (χ1v) is 10.8. The van der Waals surface area contributed by atoms with Crippen LogP contribution in [0.1, 0.15) is 55.0 Å². The Labute approximate surface area is 181 Å². The highest BCUT2D eigenvalue weighted by molar-refractivity contribution is 5.89. The number of hydrogen-bond acceptors (Lipinski definition) is 5. The van der Waals surface area contributed by atoms with Crippen molar-refractivity contribution >= 4 is 17.6 Å². The molecule has 1 aliphatic carbocycles. The van der Waals surface area contributed by atoms with Gasteiger partial charge in [-0.15, -0.1) is 0 Å². The van der Waals surface area contributed by atoms with E-state index in [2.05, 4.69) is 20.9 Å². The van der Waals surface area contributed by atoms with Crippen molar-refractivity contribution in [1.82, 2.24) is 20.9 Å². The van der Waals surface area contributed by atoms with Crippen LogP contribution < -0.4 is 21.7 Å². The van der Waals surface area contributed by atoms with Crippen molar-refractivity contribution in [3.63, 3.8) is 0 Å². The predicted octanol–water partition coefficient (Wildman–Crippen LogP) is 1.95. The molecule has 31 heavy (non-hydrogen) atoms. The molecule has 164 valence electrons. The summed E-state index contributed by atoms with van der Waals surface area (Å²) in [7, 11) is 0. The first kappa shape index (κ1) is 21.2. The minimum absolute atomic E-state index is 0.120. The number of amides is 2. The minimum Gasteiger partial charge on any atom is -0.384 e. The highest BCUT2D eigenvalue weighted by Crippen LogP contribution is 2.30. The molecule has 1 saturated heterocycles. The molecule has 0 bridgehead atoms. The van der Waals surface area contributed by atoms with Crippen molar-refractivity contribution in [2.45, 2.75) is 56.7 Å². The standard InChI is InChI=1S/C23H28FN5O2/c1-13(22(30)29-19-8-7-18-17(19)6-9-21(25)28-18)27-23(31)20-12-15(10-11-26-20)14-2-4-16(24)5-3-14/h2-6,9,13,15,19-20,26H,7-8,10-12H2,1H3,(H2,25,28)(H,27,31)(H,29,30)/t13-,15+,19?,20+/m0/s1. The summed E-state index contributed by atoms with van der Waals surface area (Å²) in [6.07, 6.45) is 3.02. The number of aryl methyl sites for hydroxylation is 1. The van der Waals surface area contributed by atoms with E-state index in [1.165, 1.54) is 12.1 Å². The molecule has 1 unspecified atom stereocenters. The number of benzene rings is 1. The van der Waals surface area contributed by atoms with E-state index in [4.69, 9.17) is 5.73 Å². The van der Waals surface area contributed by atoms with Crippen molar-refractivity contribution in [3.8, 4) is 0 Å². The van der Waals surface area contributed by atoms with Gasteiger partial charge in [-0.1, -0.05) is 18.2 Å². The number of nitrogens with one attached hydrogen (secondary N) is 3. The maximum atomic E-state index is 13.2. The minimum atomic E-state index is -0.661. The van der Waals surface area contributed by atoms with E-state index in [0.717, 1.165) is 36.1 Å². The SMILES string of the molecule is C[C@H](NC(=O)[C@H]1C[C@H](c2ccc(F)cc2)CCN1)C(=O)NC1CCc2nc(N)ccc21. The number of nitrogens with zero attached hydrogens (tertiary/aromatic N) is 1. The van der Waals surface area contributed by atoms with Crippen LogP contribution in [0.3, 0.4) is 0 Å². The molecule has 4 atom stereocenters. The quantitative estimate of drug-likeness (QED) is 0.586. The molecule has 2 aliphatic rings. The van der Waals surface area contributed by atoms with Crippen LogP contribution in [0.2, 0.25) is 0 Å². The van der Waals surface area contributed by atoms with E-state index in [1.54, 1.807) is 25.1 Å². The molecule has 2 heterocycles. The van der Waals surface area contributed by atoms with Crippen LogP contribution in [-0.4, -0.2) is 35.4 Å². The zero-order valence-corrected chi connectivity index (χ0v) is 17.5. The van der Waals surface area contributed by atoms with Gasteiger partial charge >= 0.3 is 0 Å². The highest BCUT2D eigenvalue weighted by atomic mass is 19.1. The molecule has 0 saturated carbocycles. The number of pyridine rings is 1. The van der Waals surface area contributed by atoms with Crippen molar-refractivity contribution in [2.24, 2.45) is 0 Å². The normalized spacial score (nSPS) is 23.6. The smallest absolute Gasteiger partial charge is 0.242 e. The van der Waals surface area contributed by atoms with Gasteiger partial charge in [-0.25, -0.2) is 9.37 Å². The summed E-state index contributed by atoms with van der Waals surface area (Å²) in [6.45, 7) is 2.38. The summed E-state index contributed by atoms with van der Waals surface area (Å²) < 4.78 is 13.2. The first-order valence-electron chi connectivity index (χ1n) is 10.8. The molecule has 2 aromatic rings. The number of hydrogen-bond donors (Lipinski definition) is 4. The second-order valence-electron chi connectivity index (χ2n) is 8.38. The second-order valence-corrected chi connectivity index (χ2v) is 8.38. The Kier molecular flexibility index (Phi) is 6.18. The molecule has 1 aromatic carbocycles. The fourth-order valence-electron chi connectivity index (χ4n) is 4.46. The summed E-state index contributed by atoms with van der Waals surface area (Å²) in [5.74, 6) is -0.0393. The third-order valence-corrected chi connectivity index (χ3v) is 6.21. The number of aromatic nitrogens is 1. The summed E-state index contributed by atoms with van der Waals surface area (Å²) >= 11 is 0. The summed E-state index contributed by atoms with van der Waals surface area (Å²) in [6, 6.07) is 8.92. The molecule has 1 aliphatic heterocycles. The van der Waals surface area contributed by atoms with Crippen LogP contribution in [0, 0.1) is 5.82 Å². The van der Waals surface area contributed by atoms with Gasteiger partial charge < -0.3 is 21.7 Å². The Bertz CT molecular complexity index is 965. The number of nitrogen functional groups attached to an aromatic ring is 1. The molecule has 7 nitrogen and oxygen atoms in total. The zero-order chi connectivity index (χ0) is 22.0. The van der Waals surface area contributed by atoms with E-state index in [9.17, 15) is 14.0 Å². The van der Waals surface area contributed by atoms with Crippen LogP contribution in [0.25, 0.3) is 0 Å². The fraction of sp³-hybridized carbons (Fsp3) is 0.435. The van der Waals surface area contributed by atoms with Crippen molar-refractivity contribution < 1.29 is 14.0 Å². The van der Waals surface area contributed by atoms with Gasteiger partial charge in [0.05, 0.1) is 12.1 Å². The third-order valence-electron chi connectivity index (χ3n) is 6.21. The van der Waals surface area contributed by atoms with Crippen LogP contribution >= 0.6 is 0 Å². The van der Waals surface area contributed by atoms with Gasteiger partial charge in [0.2, 0.25) is 11.8 Å².